The van der Waals surface area contributed by atoms with E-state index in [1.54, 1.807) is 12.3 Å². The first-order chi connectivity index (χ1) is 16.4. The molecule has 0 bridgehead atoms. The van der Waals surface area contributed by atoms with Crippen molar-refractivity contribution in [3.63, 3.8) is 0 Å². The van der Waals surface area contributed by atoms with Gasteiger partial charge < -0.3 is 26.4 Å². The number of nitrogen functional groups attached to an aromatic ring is 1. The number of nitrogens with two attached hydrogens (primary N) is 2. The summed E-state index contributed by atoms with van der Waals surface area (Å²) in [5, 5.41) is 2.77. The summed E-state index contributed by atoms with van der Waals surface area (Å²) in [6, 6.07) is 4.18. The molecule has 0 radical (unpaired) electrons. The number of piperidine rings is 1. The third kappa shape index (κ3) is 4.95. The Balaban J connectivity index is 1.61. The van der Waals surface area contributed by atoms with Crippen LogP contribution in [-0.4, -0.2) is 41.6 Å². The number of rotatable bonds is 7. The summed E-state index contributed by atoms with van der Waals surface area (Å²) in [7, 11) is 0. The summed E-state index contributed by atoms with van der Waals surface area (Å²) in [5.74, 6) is -2.39. The van der Waals surface area contributed by atoms with Gasteiger partial charge in [0.15, 0.2) is 17.3 Å². The molecule has 1 fully saturated rings. The lowest BCUT2D eigenvalue weighted by Gasteiger charge is -2.33. The number of hydrogen-bond donors (Lipinski definition) is 3. The summed E-state index contributed by atoms with van der Waals surface area (Å²) < 4.78 is 34.8. The van der Waals surface area contributed by atoms with Crippen LogP contribution in [-0.2, 0) is 0 Å². The molecule has 1 aliphatic rings. The standard InChI is InChI=1S/C23H26F2N6O2S/c1-2-10-33-17-6-5-14(24)18(19(17)25)23-30-20(21(27)34-23)22(32)29-15-11-28-8-7-16(15)31-9-3-4-13(26)12-31/h5-8,11,13H,2-4,9-10,12,26-27H2,1H3,(H,29,32). The molecule has 5 N–H and O–H groups in total. The zero-order valence-electron chi connectivity index (χ0n) is 18.7. The van der Waals surface area contributed by atoms with E-state index < -0.39 is 17.5 Å². The highest BCUT2D eigenvalue weighted by Crippen LogP contribution is 2.37. The van der Waals surface area contributed by atoms with E-state index in [-0.39, 0.29) is 39.7 Å². The molecule has 8 nitrogen and oxygen atoms in total. The Morgan fingerprint density at radius 2 is 2.18 bits per heavy atom. The molecule has 1 saturated heterocycles. The molecule has 4 rings (SSSR count). The summed E-state index contributed by atoms with van der Waals surface area (Å²) in [5.41, 5.74) is 12.9. The van der Waals surface area contributed by atoms with Gasteiger partial charge in [0.25, 0.3) is 5.91 Å². The van der Waals surface area contributed by atoms with Crippen LogP contribution in [0.5, 0.6) is 5.75 Å². The van der Waals surface area contributed by atoms with E-state index in [1.165, 1.54) is 12.3 Å². The number of aromatic nitrogens is 2. The molecule has 0 aliphatic carbocycles. The maximum absolute atomic E-state index is 15.0. The number of pyridine rings is 1. The van der Waals surface area contributed by atoms with Crippen molar-refractivity contribution in [2.75, 3.05) is 35.6 Å². The van der Waals surface area contributed by atoms with Crippen molar-refractivity contribution in [2.24, 2.45) is 5.73 Å². The normalized spacial score (nSPS) is 15.9. The molecule has 1 aromatic carbocycles. The Hall–Kier alpha value is -3.31. The molecule has 0 spiro atoms. The van der Waals surface area contributed by atoms with E-state index in [1.807, 2.05) is 6.92 Å². The number of nitrogens with one attached hydrogen (secondary N) is 1. The molecule has 11 heteroatoms. The monoisotopic (exact) mass is 488 g/mol. The van der Waals surface area contributed by atoms with Crippen molar-refractivity contribution in [3.8, 4) is 16.3 Å². The van der Waals surface area contributed by atoms with E-state index in [0.29, 0.717) is 18.7 Å². The SMILES string of the molecule is CCCOc1ccc(F)c(-c2nc(C(=O)Nc3cnccc3N3CCCC(N)C3)c(N)s2)c1F. The van der Waals surface area contributed by atoms with Gasteiger partial charge in [0, 0.05) is 25.3 Å². The van der Waals surface area contributed by atoms with Crippen LogP contribution in [0.25, 0.3) is 10.6 Å². The molecule has 3 heterocycles. The van der Waals surface area contributed by atoms with Gasteiger partial charge in [-0.05, 0) is 37.5 Å². The number of anilines is 3. The van der Waals surface area contributed by atoms with Gasteiger partial charge in [-0.15, -0.1) is 0 Å². The Morgan fingerprint density at radius 3 is 2.94 bits per heavy atom. The van der Waals surface area contributed by atoms with Gasteiger partial charge in [-0.3, -0.25) is 9.78 Å². The highest BCUT2D eigenvalue weighted by atomic mass is 32.1. The Labute approximate surface area is 199 Å². The van der Waals surface area contributed by atoms with Crippen LogP contribution in [0.15, 0.2) is 30.6 Å². The second kappa shape index (κ2) is 10.3. The molecule has 180 valence electrons. The fourth-order valence-electron chi connectivity index (χ4n) is 3.82. The van der Waals surface area contributed by atoms with Crippen LogP contribution in [0.3, 0.4) is 0 Å². The minimum Gasteiger partial charge on any atom is -0.491 e. The van der Waals surface area contributed by atoms with E-state index in [9.17, 15) is 13.6 Å². The second-order valence-corrected chi connectivity index (χ2v) is 9.04. The molecule has 0 saturated carbocycles. The summed E-state index contributed by atoms with van der Waals surface area (Å²) in [6.07, 6.45) is 5.72. The molecule has 2 aromatic heterocycles. The number of hydrogen-bond acceptors (Lipinski definition) is 8. The second-order valence-electron chi connectivity index (χ2n) is 8.01. The number of carbonyl (C=O) groups excluding carboxylic acids is 1. The number of carbonyl (C=O) groups is 1. The van der Waals surface area contributed by atoms with Crippen molar-refractivity contribution in [1.82, 2.24) is 9.97 Å². The summed E-state index contributed by atoms with van der Waals surface area (Å²) >= 11 is 0.827. The van der Waals surface area contributed by atoms with Gasteiger partial charge in [-0.25, -0.2) is 13.8 Å². The zero-order valence-corrected chi connectivity index (χ0v) is 19.5. The minimum absolute atomic E-state index is 0.0385. The fourth-order valence-corrected chi connectivity index (χ4v) is 4.69. The zero-order chi connectivity index (χ0) is 24.2. The van der Waals surface area contributed by atoms with Gasteiger partial charge in [0.1, 0.15) is 15.8 Å². The van der Waals surface area contributed by atoms with E-state index in [0.717, 1.165) is 42.5 Å². The van der Waals surface area contributed by atoms with Crippen LogP contribution in [0.2, 0.25) is 0 Å². The molecule has 34 heavy (non-hydrogen) atoms. The molecule has 3 aromatic rings. The first-order valence-corrected chi connectivity index (χ1v) is 11.8. The van der Waals surface area contributed by atoms with Gasteiger partial charge in [-0.2, -0.15) is 0 Å². The van der Waals surface area contributed by atoms with Crippen molar-refractivity contribution < 1.29 is 18.3 Å². The van der Waals surface area contributed by atoms with Crippen molar-refractivity contribution >= 4 is 33.6 Å². The number of amides is 1. The summed E-state index contributed by atoms with van der Waals surface area (Å²) in [4.78, 5) is 23.4. The third-order valence-corrected chi connectivity index (χ3v) is 6.35. The lowest BCUT2D eigenvalue weighted by atomic mass is 10.1. The van der Waals surface area contributed by atoms with E-state index in [2.05, 4.69) is 20.2 Å². The lowest BCUT2D eigenvalue weighted by Crippen LogP contribution is -2.43. The van der Waals surface area contributed by atoms with Crippen LogP contribution < -0.4 is 26.4 Å². The maximum atomic E-state index is 15.0. The summed E-state index contributed by atoms with van der Waals surface area (Å²) in [6.45, 7) is 3.62. The fraction of sp³-hybridized carbons (Fsp3) is 0.348. The van der Waals surface area contributed by atoms with Crippen molar-refractivity contribution in [2.45, 2.75) is 32.2 Å². The van der Waals surface area contributed by atoms with Crippen molar-refractivity contribution in [3.05, 3.63) is 47.9 Å². The molecular formula is C23H26F2N6O2S. The highest BCUT2D eigenvalue weighted by molar-refractivity contribution is 7.19. The Kier molecular flexibility index (Phi) is 7.23. The number of thiazole rings is 1. The van der Waals surface area contributed by atoms with Gasteiger partial charge in [0.05, 0.1) is 29.7 Å². The topological polar surface area (TPSA) is 119 Å². The molecule has 1 atom stereocenters. The predicted octanol–water partition coefficient (Wildman–Crippen LogP) is 4.03. The molecular weight excluding hydrogens is 462 g/mol. The Bertz CT molecular complexity index is 1190. The molecule has 1 unspecified atom stereocenters. The van der Waals surface area contributed by atoms with Crippen LogP contribution >= 0.6 is 11.3 Å². The first-order valence-electron chi connectivity index (χ1n) is 11.0. The average molecular weight is 489 g/mol. The number of nitrogens with zero attached hydrogens (tertiary/aromatic N) is 3. The third-order valence-electron chi connectivity index (χ3n) is 5.44. The van der Waals surface area contributed by atoms with Crippen LogP contribution in [0, 0.1) is 11.6 Å². The first kappa shape index (κ1) is 23.8. The van der Waals surface area contributed by atoms with Gasteiger partial charge >= 0.3 is 0 Å². The van der Waals surface area contributed by atoms with Crippen LogP contribution in [0.4, 0.5) is 25.2 Å². The van der Waals surface area contributed by atoms with Crippen LogP contribution in [0.1, 0.15) is 36.7 Å². The maximum Gasteiger partial charge on any atom is 0.277 e. The largest absolute Gasteiger partial charge is 0.491 e. The average Bonchev–Trinajstić information content (AvgIpc) is 3.20. The quantitative estimate of drug-likeness (QED) is 0.459. The number of halogens is 2. The molecule has 1 amide bonds. The van der Waals surface area contributed by atoms with E-state index in [4.69, 9.17) is 16.2 Å². The van der Waals surface area contributed by atoms with Gasteiger partial charge in [-0.1, -0.05) is 18.3 Å². The van der Waals surface area contributed by atoms with Crippen molar-refractivity contribution in [1.29, 1.82) is 0 Å². The molecule has 1 aliphatic heterocycles. The number of benzene rings is 1. The predicted molar refractivity (Wildman–Crippen MR) is 129 cm³/mol. The minimum atomic E-state index is -0.884. The van der Waals surface area contributed by atoms with Gasteiger partial charge in [0.2, 0.25) is 0 Å². The van der Waals surface area contributed by atoms with E-state index >= 15 is 0 Å². The number of ether oxygens (including phenoxy) is 1. The smallest absolute Gasteiger partial charge is 0.277 e. The highest BCUT2D eigenvalue weighted by Gasteiger charge is 2.25. The lowest BCUT2D eigenvalue weighted by molar-refractivity contribution is 0.102. The Morgan fingerprint density at radius 1 is 1.35 bits per heavy atom.